The molecule has 1 aromatic heterocycles. The van der Waals surface area contributed by atoms with Crippen molar-refractivity contribution in [1.29, 1.82) is 0 Å². The Morgan fingerprint density at radius 1 is 1.31 bits per heavy atom. The van der Waals surface area contributed by atoms with Crippen LogP contribution in [-0.2, 0) is 16.0 Å². The molecule has 1 aliphatic heterocycles. The van der Waals surface area contributed by atoms with Gasteiger partial charge in [-0.25, -0.2) is 9.78 Å². The number of imide groups is 1. The van der Waals surface area contributed by atoms with E-state index in [9.17, 15) is 14.4 Å². The maximum absolute atomic E-state index is 12.9. The number of hydrogen-bond acceptors (Lipinski definition) is 5. The summed E-state index contributed by atoms with van der Waals surface area (Å²) in [6.45, 7) is 1.69. The second kappa shape index (κ2) is 7.94. The fourth-order valence-corrected chi connectivity index (χ4v) is 5.05. The van der Waals surface area contributed by atoms with Crippen molar-refractivity contribution in [2.45, 2.75) is 44.6 Å². The Morgan fingerprint density at radius 3 is 2.86 bits per heavy atom. The summed E-state index contributed by atoms with van der Waals surface area (Å²) in [4.78, 5) is 44.1. The van der Waals surface area contributed by atoms with Gasteiger partial charge in [-0.2, -0.15) is 0 Å². The quantitative estimate of drug-likeness (QED) is 0.738. The second-order valence-corrected chi connectivity index (χ2v) is 8.90. The molecule has 7 nitrogen and oxygen atoms in total. The fourth-order valence-electron chi connectivity index (χ4n) is 4.19. The first-order valence-corrected chi connectivity index (χ1v) is 10.7. The molecule has 2 aliphatic rings. The summed E-state index contributed by atoms with van der Waals surface area (Å²) >= 11 is 1.39. The van der Waals surface area contributed by atoms with Crippen LogP contribution in [0.5, 0.6) is 0 Å². The predicted octanol–water partition coefficient (Wildman–Crippen LogP) is 3.17. The van der Waals surface area contributed by atoms with Gasteiger partial charge in [0.2, 0.25) is 5.91 Å². The van der Waals surface area contributed by atoms with Crippen molar-refractivity contribution in [3.8, 4) is 0 Å². The molecular weight excluding hydrogens is 388 g/mol. The third-order valence-corrected chi connectivity index (χ3v) is 6.74. The molecule has 1 spiro atoms. The Bertz CT molecular complexity index is 929. The van der Waals surface area contributed by atoms with Crippen LogP contribution in [0.1, 0.15) is 43.0 Å². The van der Waals surface area contributed by atoms with E-state index in [0.29, 0.717) is 11.6 Å². The number of carbonyl (C=O) groups is 3. The van der Waals surface area contributed by atoms with Crippen LogP contribution in [-0.4, -0.2) is 39.8 Å². The summed E-state index contributed by atoms with van der Waals surface area (Å²) < 4.78 is 0. The van der Waals surface area contributed by atoms with Gasteiger partial charge in [-0.3, -0.25) is 14.5 Å². The molecule has 1 saturated heterocycles. The van der Waals surface area contributed by atoms with Crippen molar-refractivity contribution in [3.63, 3.8) is 0 Å². The smallest absolute Gasteiger partial charge is 0.323 e. The van der Waals surface area contributed by atoms with Gasteiger partial charge >= 0.3 is 6.03 Å². The van der Waals surface area contributed by atoms with E-state index in [2.05, 4.69) is 15.6 Å². The van der Waals surface area contributed by atoms with Crippen LogP contribution in [0.15, 0.2) is 36.5 Å². The third-order valence-electron chi connectivity index (χ3n) is 5.82. The van der Waals surface area contributed by atoms with Crippen molar-refractivity contribution in [3.05, 3.63) is 47.0 Å². The van der Waals surface area contributed by atoms with Gasteiger partial charge in [0.1, 0.15) is 12.1 Å². The Balaban J connectivity index is 1.37. The summed E-state index contributed by atoms with van der Waals surface area (Å²) in [5.41, 5.74) is 0.319. The molecule has 1 aromatic carbocycles. The molecule has 1 aliphatic carbocycles. The number of amides is 4. The van der Waals surface area contributed by atoms with Gasteiger partial charge in [0, 0.05) is 17.5 Å². The van der Waals surface area contributed by atoms with Crippen LogP contribution in [0, 0.1) is 5.92 Å². The zero-order chi connectivity index (χ0) is 20.4. The monoisotopic (exact) mass is 412 g/mol. The van der Waals surface area contributed by atoms with Gasteiger partial charge in [0.15, 0.2) is 5.13 Å². The van der Waals surface area contributed by atoms with E-state index in [1.165, 1.54) is 16.9 Å². The molecule has 8 heteroatoms. The van der Waals surface area contributed by atoms with Crippen LogP contribution < -0.4 is 10.6 Å². The SMILES string of the molecule is C[C@H]1CCCC[C@@]12NC(=O)N(CC(=O)Nc1ncc(Cc3ccccc3)s1)C2=O. The lowest BCUT2D eigenvalue weighted by atomic mass is 9.73. The Labute approximate surface area is 173 Å². The van der Waals surface area contributed by atoms with Crippen LogP contribution in [0.2, 0.25) is 0 Å². The van der Waals surface area contributed by atoms with E-state index < -0.39 is 17.5 Å². The van der Waals surface area contributed by atoms with E-state index in [-0.39, 0.29) is 18.4 Å². The Morgan fingerprint density at radius 2 is 2.10 bits per heavy atom. The maximum atomic E-state index is 12.9. The third kappa shape index (κ3) is 3.89. The van der Waals surface area contributed by atoms with Gasteiger partial charge in [0.25, 0.3) is 5.91 Å². The van der Waals surface area contributed by atoms with E-state index in [4.69, 9.17) is 0 Å². The van der Waals surface area contributed by atoms with E-state index in [0.717, 1.165) is 35.5 Å². The highest BCUT2D eigenvalue weighted by atomic mass is 32.1. The lowest BCUT2D eigenvalue weighted by molar-refractivity contribution is -0.136. The lowest BCUT2D eigenvalue weighted by Gasteiger charge is -2.36. The molecule has 152 valence electrons. The molecule has 4 rings (SSSR count). The lowest BCUT2D eigenvalue weighted by Crippen LogP contribution is -2.54. The number of aromatic nitrogens is 1. The molecule has 0 unspecified atom stereocenters. The van der Waals surface area contributed by atoms with Gasteiger partial charge in [-0.15, -0.1) is 11.3 Å². The van der Waals surface area contributed by atoms with E-state index in [1.54, 1.807) is 6.20 Å². The number of hydrogen-bond donors (Lipinski definition) is 2. The molecule has 0 bridgehead atoms. The van der Waals surface area contributed by atoms with Crippen LogP contribution in [0.4, 0.5) is 9.93 Å². The highest BCUT2D eigenvalue weighted by Gasteiger charge is 2.55. The van der Waals surface area contributed by atoms with Crippen molar-refractivity contribution in [1.82, 2.24) is 15.2 Å². The van der Waals surface area contributed by atoms with Crippen molar-refractivity contribution in [2.75, 3.05) is 11.9 Å². The normalized spacial score (nSPS) is 24.0. The molecule has 29 heavy (non-hydrogen) atoms. The van der Waals surface area contributed by atoms with Crippen molar-refractivity contribution in [2.24, 2.45) is 5.92 Å². The summed E-state index contributed by atoms with van der Waals surface area (Å²) in [6.07, 6.45) is 5.96. The van der Waals surface area contributed by atoms with Gasteiger partial charge < -0.3 is 10.6 Å². The molecule has 2 atom stereocenters. The fraction of sp³-hybridized carbons (Fsp3) is 0.429. The molecule has 4 amide bonds. The minimum absolute atomic E-state index is 0.0697. The number of nitrogens with zero attached hydrogens (tertiary/aromatic N) is 2. The van der Waals surface area contributed by atoms with Crippen LogP contribution in [0.25, 0.3) is 0 Å². The number of carbonyl (C=O) groups excluding carboxylic acids is 3. The van der Waals surface area contributed by atoms with E-state index in [1.807, 2.05) is 37.3 Å². The van der Waals surface area contributed by atoms with Crippen LogP contribution in [0.3, 0.4) is 0 Å². The van der Waals surface area contributed by atoms with E-state index >= 15 is 0 Å². The molecule has 0 radical (unpaired) electrons. The highest BCUT2D eigenvalue weighted by Crippen LogP contribution is 2.38. The summed E-state index contributed by atoms with van der Waals surface area (Å²) in [5.74, 6) is -0.636. The molecule has 2 aromatic rings. The Hall–Kier alpha value is -2.74. The summed E-state index contributed by atoms with van der Waals surface area (Å²) in [5, 5.41) is 6.04. The second-order valence-electron chi connectivity index (χ2n) is 7.78. The summed E-state index contributed by atoms with van der Waals surface area (Å²) in [6, 6.07) is 9.53. The first kappa shape index (κ1) is 19.6. The first-order chi connectivity index (χ1) is 14.0. The number of rotatable bonds is 5. The maximum Gasteiger partial charge on any atom is 0.325 e. The molecule has 1 saturated carbocycles. The van der Waals surface area contributed by atoms with Crippen LogP contribution >= 0.6 is 11.3 Å². The number of nitrogens with one attached hydrogen (secondary N) is 2. The van der Waals surface area contributed by atoms with Crippen molar-refractivity contribution >= 4 is 34.3 Å². The zero-order valence-electron chi connectivity index (χ0n) is 16.3. The predicted molar refractivity (Wildman–Crippen MR) is 111 cm³/mol. The number of benzene rings is 1. The van der Waals surface area contributed by atoms with Gasteiger partial charge in [0.05, 0.1) is 0 Å². The minimum atomic E-state index is -0.848. The Kier molecular flexibility index (Phi) is 5.36. The molecule has 2 fully saturated rings. The van der Waals surface area contributed by atoms with Crippen molar-refractivity contribution < 1.29 is 14.4 Å². The number of thiazole rings is 1. The topological polar surface area (TPSA) is 91.4 Å². The molecule has 2 heterocycles. The van der Waals surface area contributed by atoms with Gasteiger partial charge in [-0.05, 0) is 24.3 Å². The molecule has 2 N–H and O–H groups in total. The first-order valence-electron chi connectivity index (χ1n) is 9.90. The number of urea groups is 1. The largest absolute Gasteiger partial charge is 0.325 e. The van der Waals surface area contributed by atoms with Gasteiger partial charge in [-0.1, -0.05) is 50.1 Å². The average Bonchev–Trinajstić information content (AvgIpc) is 3.23. The minimum Gasteiger partial charge on any atom is -0.323 e. The summed E-state index contributed by atoms with van der Waals surface area (Å²) in [7, 11) is 0. The molecular formula is C21H24N4O3S. The average molecular weight is 413 g/mol. The highest BCUT2D eigenvalue weighted by molar-refractivity contribution is 7.15. The standard InChI is InChI=1S/C21H24N4O3S/c1-14-7-5-6-10-21(14)18(27)25(20(28)24-21)13-17(26)23-19-22-12-16(29-19)11-15-8-3-2-4-9-15/h2-4,8-9,12,14H,5-7,10-11,13H2,1H3,(H,24,28)(H,22,23,26)/t14-,21+/m0/s1. The zero-order valence-corrected chi connectivity index (χ0v) is 17.1. The number of anilines is 1.